The molecule has 9 nitrogen and oxygen atoms in total. The summed E-state index contributed by atoms with van der Waals surface area (Å²) in [6, 6.07) is 20.7. The molecule has 10 heteroatoms. The fourth-order valence-electron chi connectivity index (χ4n) is 5.60. The summed E-state index contributed by atoms with van der Waals surface area (Å²) < 4.78 is 32.4. The molecule has 1 unspecified atom stereocenters. The second-order valence-electron chi connectivity index (χ2n) is 11.2. The summed E-state index contributed by atoms with van der Waals surface area (Å²) in [5.74, 6) is 0.131. The van der Waals surface area contributed by atoms with E-state index in [2.05, 4.69) is 11.8 Å². The van der Waals surface area contributed by atoms with Crippen LogP contribution in [0.4, 0.5) is 11.4 Å². The molecule has 224 valence electrons. The van der Waals surface area contributed by atoms with Crippen LogP contribution in [0.1, 0.15) is 44.0 Å². The molecule has 2 fully saturated rings. The van der Waals surface area contributed by atoms with Crippen LogP contribution >= 0.6 is 0 Å². The van der Waals surface area contributed by atoms with E-state index in [4.69, 9.17) is 9.72 Å². The molecular weight excluding hydrogens is 564 g/mol. The van der Waals surface area contributed by atoms with Crippen LogP contribution in [0.15, 0.2) is 71.5 Å². The molecule has 1 aliphatic carbocycles. The highest BCUT2D eigenvalue weighted by molar-refractivity contribution is 7.81. The van der Waals surface area contributed by atoms with E-state index < -0.39 is 17.2 Å². The normalized spacial score (nSPS) is 15.9. The van der Waals surface area contributed by atoms with Gasteiger partial charge in [-0.25, -0.2) is 9.29 Å². The number of unbranched alkanes of at least 4 members (excludes halogenated alkanes) is 1. The Hall–Kier alpha value is -3.86. The summed E-state index contributed by atoms with van der Waals surface area (Å²) in [6.07, 6.45) is 4.04. The van der Waals surface area contributed by atoms with E-state index in [-0.39, 0.29) is 11.5 Å². The number of ether oxygens (including phenoxy) is 1. The molecule has 4 aromatic rings. The number of anilines is 2. The molecule has 0 bridgehead atoms. The maximum Gasteiger partial charge on any atom is 0.261 e. The van der Waals surface area contributed by atoms with Crippen molar-refractivity contribution < 1.29 is 18.3 Å². The van der Waals surface area contributed by atoms with Gasteiger partial charge in [-0.05, 0) is 54.7 Å². The lowest BCUT2D eigenvalue weighted by molar-refractivity contribution is -0.118. The Morgan fingerprint density at radius 2 is 1.81 bits per heavy atom. The molecule has 3 aromatic carbocycles. The molecule has 1 aliphatic heterocycles. The number of fused-ring (bicyclic) bond motifs is 1. The fraction of sp³-hybridized carbons (Fsp3) is 0.364. The van der Waals surface area contributed by atoms with Crippen molar-refractivity contribution in [1.29, 1.82) is 0 Å². The summed E-state index contributed by atoms with van der Waals surface area (Å²) in [4.78, 5) is 33.9. The molecule has 1 saturated heterocycles. The minimum atomic E-state index is -2.72. The van der Waals surface area contributed by atoms with Crippen molar-refractivity contribution in [1.82, 2.24) is 9.55 Å². The highest BCUT2D eigenvalue weighted by Crippen LogP contribution is 2.37. The Balaban J connectivity index is 1.33. The predicted octanol–water partition coefficient (Wildman–Crippen LogP) is 4.83. The SMILES string of the molecule is CCCCc1nc2ccc(N3CCOCC3)cc2c(=O)n1Cc1ccc(-c2ccccc2N(C(=O)C2CC2)S(=O)[O-])cc1. The lowest BCUT2D eigenvalue weighted by Crippen LogP contribution is -2.36. The van der Waals surface area contributed by atoms with Crippen molar-refractivity contribution in [3.8, 4) is 11.1 Å². The fourth-order valence-corrected chi connectivity index (χ4v) is 6.21. The first-order valence-electron chi connectivity index (χ1n) is 14.9. The maximum atomic E-state index is 13.9. The summed E-state index contributed by atoms with van der Waals surface area (Å²) in [5, 5.41) is 0.598. The van der Waals surface area contributed by atoms with Gasteiger partial charge in [0.15, 0.2) is 0 Å². The molecule has 2 aliphatic rings. The lowest BCUT2D eigenvalue weighted by Gasteiger charge is -2.29. The minimum Gasteiger partial charge on any atom is -0.755 e. The zero-order valence-electron chi connectivity index (χ0n) is 24.2. The second kappa shape index (κ2) is 12.8. The number of morpholine rings is 1. The molecular formula is C33H35N4O5S-. The number of aromatic nitrogens is 2. The van der Waals surface area contributed by atoms with Crippen LogP contribution in [-0.2, 0) is 33.8 Å². The molecule has 1 atom stereocenters. The van der Waals surface area contributed by atoms with E-state index in [1.54, 1.807) is 16.7 Å². The minimum absolute atomic E-state index is 0.0622. The van der Waals surface area contributed by atoms with Crippen molar-refractivity contribution in [2.75, 3.05) is 35.5 Å². The standard InChI is InChI=1S/C33H36N4O5S/c1-2-3-8-31-34-29-16-15-26(35-17-19-42-20-18-35)21-28(29)33(39)36(31)22-23-9-11-24(12-10-23)27-6-4-5-7-30(27)37(43(40)41)32(38)25-13-14-25/h4-7,9-12,15-16,21,25H,2-3,8,13-14,17-20,22H2,1H3,(H,40,41)/p-1. The first-order chi connectivity index (χ1) is 20.9. The lowest BCUT2D eigenvalue weighted by atomic mass is 10.0. The zero-order valence-corrected chi connectivity index (χ0v) is 25.1. The number of aryl methyl sites for hydroxylation is 1. The molecule has 6 rings (SSSR count). The first-order valence-corrected chi connectivity index (χ1v) is 16.0. The van der Waals surface area contributed by atoms with E-state index in [1.807, 2.05) is 54.6 Å². The molecule has 43 heavy (non-hydrogen) atoms. The summed E-state index contributed by atoms with van der Waals surface area (Å²) in [7, 11) is 0. The van der Waals surface area contributed by atoms with Crippen molar-refractivity contribution in [2.24, 2.45) is 5.92 Å². The number of carbonyl (C=O) groups is 1. The van der Waals surface area contributed by atoms with Gasteiger partial charge in [0.1, 0.15) is 5.82 Å². The van der Waals surface area contributed by atoms with Gasteiger partial charge in [-0.15, -0.1) is 0 Å². The third kappa shape index (κ3) is 6.27. The largest absolute Gasteiger partial charge is 0.755 e. The van der Waals surface area contributed by atoms with Crippen molar-refractivity contribution >= 4 is 39.5 Å². The molecule has 0 N–H and O–H groups in total. The smallest absolute Gasteiger partial charge is 0.261 e. The monoisotopic (exact) mass is 599 g/mol. The van der Waals surface area contributed by atoms with Gasteiger partial charge >= 0.3 is 0 Å². The highest BCUT2D eigenvalue weighted by Gasteiger charge is 2.35. The van der Waals surface area contributed by atoms with Crippen LogP contribution < -0.4 is 14.8 Å². The van der Waals surface area contributed by atoms with E-state index in [0.29, 0.717) is 61.2 Å². The number of carbonyl (C=O) groups excluding carboxylic acids is 1. The average Bonchev–Trinajstić information content (AvgIpc) is 3.88. The molecule has 0 radical (unpaired) electrons. The molecule has 1 amide bonds. The quantitative estimate of drug-likeness (QED) is 0.240. The predicted molar refractivity (Wildman–Crippen MR) is 168 cm³/mol. The first kappa shape index (κ1) is 29.2. The summed E-state index contributed by atoms with van der Waals surface area (Å²) >= 11 is -2.72. The van der Waals surface area contributed by atoms with Crippen molar-refractivity contribution in [3.05, 3.63) is 88.5 Å². The number of rotatable bonds is 10. The molecule has 0 spiro atoms. The zero-order chi connectivity index (χ0) is 29.9. The Kier molecular flexibility index (Phi) is 8.69. The van der Waals surface area contributed by atoms with Gasteiger partial charge in [-0.3, -0.25) is 18.4 Å². The van der Waals surface area contributed by atoms with E-state index in [1.165, 1.54) is 0 Å². The van der Waals surface area contributed by atoms with Gasteiger partial charge in [0.2, 0.25) is 5.91 Å². The second-order valence-corrected chi connectivity index (χ2v) is 12.0. The van der Waals surface area contributed by atoms with Crippen LogP contribution in [0.5, 0.6) is 0 Å². The van der Waals surface area contributed by atoms with Gasteiger partial charge < -0.3 is 14.2 Å². The third-order valence-corrected chi connectivity index (χ3v) is 8.83. The van der Waals surface area contributed by atoms with Crippen LogP contribution in [-0.4, -0.2) is 50.5 Å². The van der Waals surface area contributed by atoms with Crippen LogP contribution in [0.2, 0.25) is 0 Å². The van der Waals surface area contributed by atoms with E-state index >= 15 is 0 Å². The van der Waals surface area contributed by atoms with Crippen molar-refractivity contribution in [2.45, 2.75) is 45.6 Å². The van der Waals surface area contributed by atoms with Crippen LogP contribution in [0, 0.1) is 5.92 Å². The topological polar surface area (TPSA) is 108 Å². The Morgan fingerprint density at radius 1 is 1.07 bits per heavy atom. The Bertz CT molecular complexity index is 1710. The summed E-state index contributed by atoms with van der Waals surface area (Å²) in [5.41, 5.74) is 4.34. The molecule has 2 heterocycles. The van der Waals surface area contributed by atoms with Gasteiger partial charge in [0.05, 0.1) is 47.6 Å². The molecule has 1 aromatic heterocycles. The Morgan fingerprint density at radius 3 is 2.51 bits per heavy atom. The number of amides is 1. The summed E-state index contributed by atoms with van der Waals surface area (Å²) in [6.45, 7) is 5.39. The highest BCUT2D eigenvalue weighted by atomic mass is 32.2. The van der Waals surface area contributed by atoms with Gasteiger partial charge in [-0.2, -0.15) is 0 Å². The average molecular weight is 600 g/mol. The number of benzene rings is 3. The third-order valence-electron chi connectivity index (χ3n) is 8.15. The number of nitrogens with zero attached hydrogens (tertiary/aromatic N) is 4. The Labute approximate surface area is 253 Å². The van der Waals surface area contributed by atoms with Crippen molar-refractivity contribution in [3.63, 3.8) is 0 Å². The van der Waals surface area contributed by atoms with E-state index in [0.717, 1.165) is 52.9 Å². The van der Waals surface area contributed by atoms with Crippen LogP contribution in [0.3, 0.4) is 0 Å². The molecule has 1 saturated carbocycles. The van der Waals surface area contributed by atoms with Gasteiger partial charge in [0.25, 0.3) is 5.56 Å². The number of hydrogen-bond donors (Lipinski definition) is 0. The van der Waals surface area contributed by atoms with Gasteiger partial charge in [0, 0.05) is 36.7 Å². The van der Waals surface area contributed by atoms with E-state index in [9.17, 15) is 18.4 Å². The van der Waals surface area contributed by atoms with Gasteiger partial charge in [-0.1, -0.05) is 55.8 Å². The van der Waals surface area contributed by atoms with Crippen LogP contribution in [0.25, 0.3) is 22.0 Å². The number of para-hydroxylation sites is 1. The number of hydrogen-bond acceptors (Lipinski definition) is 7. The maximum absolute atomic E-state index is 13.9.